The fourth-order valence-electron chi connectivity index (χ4n) is 2.73. The molecule has 0 fully saturated rings. The Hall–Kier alpha value is -1.35. The topological polar surface area (TPSA) is 38.3 Å². The zero-order chi connectivity index (χ0) is 14.7. The van der Waals surface area contributed by atoms with Crippen LogP contribution in [-0.4, -0.2) is 25.5 Å². The minimum atomic E-state index is -0.0554. The second kappa shape index (κ2) is 6.40. The molecule has 1 atom stereocenters. The Morgan fingerprint density at radius 2 is 2.05 bits per heavy atom. The zero-order valence-corrected chi connectivity index (χ0v) is 13.0. The average Bonchev–Trinajstić information content (AvgIpc) is 2.42. The van der Waals surface area contributed by atoms with Crippen LogP contribution in [0.25, 0.3) is 0 Å². The molecule has 1 aliphatic heterocycles. The molecular formula is C17H25NO2. The highest BCUT2D eigenvalue weighted by Crippen LogP contribution is 2.34. The van der Waals surface area contributed by atoms with E-state index in [9.17, 15) is 4.79 Å². The highest BCUT2D eigenvalue weighted by Gasteiger charge is 2.31. The molecule has 0 spiro atoms. The van der Waals surface area contributed by atoms with E-state index in [1.165, 1.54) is 12.0 Å². The van der Waals surface area contributed by atoms with E-state index in [2.05, 4.69) is 25.2 Å². The zero-order valence-electron chi connectivity index (χ0n) is 13.0. The largest absolute Gasteiger partial charge is 0.492 e. The van der Waals surface area contributed by atoms with Gasteiger partial charge in [0.2, 0.25) is 0 Å². The Bertz CT molecular complexity index is 508. The number of rotatable bonds is 5. The van der Waals surface area contributed by atoms with E-state index in [-0.39, 0.29) is 11.7 Å². The second-order valence-electron chi connectivity index (χ2n) is 5.77. The summed E-state index contributed by atoms with van der Waals surface area (Å²) in [6, 6.07) is 2.09. The van der Waals surface area contributed by atoms with Gasteiger partial charge in [0.1, 0.15) is 5.75 Å². The quantitative estimate of drug-likeness (QED) is 0.839. The number of fused-ring (bicyclic) bond motifs is 1. The van der Waals surface area contributed by atoms with Crippen molar-refractivity contribution in [3.63, 3.8) is 0 Å². The fourth-order valence-corrected chi connectivity index (χ4v) is 2.73. The Morgan fingerprint density at radius 1 is 1.30 bits per heavy atom. The van der Waals surface area contributed by atoms with Crippen molar-refractivity contribution in [2.24, 2.45) is 5.92 Å². The Labute approximate surface area is 121 Å². The Balaban J connectivity index is 2.15. The van der Waals surface area contributed by atoms with Crippen LogP contribution in [0.2, 0.25) is 0 Å². The number of benzene rings is 1. The van der Waals surface area contributed by atoms with Crippen LogP contribution in [0.4, 0.5) is 0 Å². The lowest BCUT2D eigenvalue weighted by molar-refractivity contribution is 0.0827. The number of aryl methyl sites for hydroxylation is 2. The van der Waals surface area contributed by atoms with Crippen molar-refractivity contribution in [1.82, 2.24) is 5.32 Å². The van der Waals surface area contributed by atoms with Crippen molar-refractivity contribution in [3.8, 4) is 5.75 Å². The van der Waals surface area contributed by atoms with E-state index in [1.807, 2.05) is 13.8 Å². The third-order valence-corrected chi connectivity index (χ3v) is 4.13. The van der Waals surface area contributed by atoms with Crippen LogP contribution >= 0.6 is 0 Å². The normalized spacial score (nSPS) is 17.8. The molecule has 1 aromatic carbocycles. The van der Waals surface area contributed by atoms with Gasteiger partial charge in [0.15, 0.2) is 5.78 Å². The number of unbranched alkanes of at least 4 members (excludes halogenated alkanes) is 1. The van der Waals surface area contributed by atoms with Crippen molar-refractivity contribution >= 4 is 5.78 Å². The molecule has 1 N–H and O–H groups in total. The van der Waals surface area contributed by atoms with Crippen LogP contribution in [0.3, 0.4) is 0 Å². The molecule has 1 aromatic rings. The van der Waals surface area contributed by atoms with E-state index in [4.69, 9.17) is 4.74 Å². The number of Topliss-reactive ketones (excluding diaryl/α,β-unsaturated/α-hetero) is 1. The van der Waals surface area contributed by atoms with Crippen LogP contribution in [0, 0.1) is 26.7 Å². The van der Waals surface area contributed by atoms with Gasteiger partial charge in [0.05, 0.1) is 18.1 Å². The van der Waals surface area contributed by atoms with Crippen LogP contribution in [0.15, 0.2) is 6.07 Å². The first-order valence-electron chi connectivity index (χ1n) is 7.54. The maximum absolute atomic E-state index is 12.6. The number of hydrogen-bond acceptors (Lipinski definition) is 3. The minimum absolute atomic E-state index is 0.0554. The van der Waals surface area contributed by atoms with Crippen molar-refractivity contribution in [2.75, 3.05) is 19.7 Å². The smallest absolute Gasteiger partial charge is 0.174 e. The number of nitrogens with one attached hydrogen (secondary N) is 1. The first-order chi connectivity index (χ1) is 9.56. The molecule has 0 amide bonds. The van der Waals surface area contributed by atoms with Crippen LogP contribution < -0.4 is 10.1 Å². The molecule has 110 valence electrons. The first-order valence-corrected chi connectivity index (χ1v) is 7.54. The summed E-state index contributed by atoms with van der Waals surface area (Å²) in [5.41, 5.74) is 4.11. The maximum Gasteiger partial charge on any atom is 0.174 e. The molecule has 0 bridgehead atoms. The van der Waals surface area contributed by atoms with Gasteiger partial charge in [-0.3, -0.25) is 4.79 Å². The number of carbonyl (C=O) groups excluding carboxylic acids is 1. The van der Waals surface area contributed by atoms with E-state index < -0.39 is 0 Å². The fraction of sp³-hybridized carbons (Fsp3) is 0.588. The molecule has 0 aromatic heterocycles. The summed E-state index contributed by atoms with van der Waals surface area (Å²) < 4.78 is 5.90. The van der Waals surface area contributed by atoms with Crippen LogP contribution in [0.5, 0.6) is 5.75 Å². The highest BCUT2D eigenvalue weighted by molar-refractivity contribution is 6.03. The number of carbonyl (C=O) groups is 1. The molecule has 0 radical (unpaired) electrons. The summed E-state index contributed by atoms with van der Waals surface area (Å²) in [6.07, 6.45) is 2.32. The summed E-state index contributed by atoms with van der Waals surface area (Å²) in [7, 11) is 0. The van der Waals surface area contributed by atoms with Gasteiger partial charge in [-0.15, -0.1) is 0 Å². The standard InChI is InChI=1S/C17H25NO2/c1-5-6-7-18-9-14-10-20-17-13(4)11(2)8-12(3)15(17)16(14)19/h8,14,18H,5-7,9-10H2,1-4H3/t14-/m1/s1. The first kappa shape index (κ1) is 15.0. The van der Waals surface area contributed by atoms with Gasteiger partial charge in [-0.05, 0) is 50.4 Å². The lowest BCUT2D eigenvalue weighted by Gasteiger charge is -2.27. The molecule has 3 nitrogen and oxygen atoms in total. The third kappa shape index (κ3) is 2.88. The number of hydrogen-bond donors (Lipinski definition) is 1. The molecule has 2 rings (SSSR count). The summed E-state index contributed by atoms with van der Waals surface area (Å²) in [5.74, 6) is 0.980. The van der Waals surface area contributed by atoms with Crippen LogP contribution in [0.1, 0.15) is 46.8 Å². The minimum Gasteiger partial charge on any atom is -0.492 e. The van der Waals surface area contributed by atoms with Crippen molar-refractivity contribution in [2.45, 2.75) is 40.5 Å². The molecule has 0 saturated heterocycles. The van der Waals surface area contributed by atoms with E-state index in [0.717, 1.165) is 35.4 Å². The molecule has 3 heteroatoms. The number of ether oxygens (including phenoxy) is 1. The molecule has 0 unspecified atom stereocenters. The lowest BCUT2D eigenvalue weighted by atomic mass is 9.88. The summed E-state index contributed by atoms with van der Waals surface area (Å²) in [4.78, 5) is 12.6. The molecule has 1 heterocycles. The van der Waals surface area contributed by atoms with Crippen LogP contribution in [-0.2, 0) is 0 Å². The molecule has 1 aliphatic rings. The van der Waals surface area contributed by atoms with Gasteiger partial charge in [-0.25, -0.2) is 0 Å². The van der Waals surface area contributed by atoms with Gasteiger partial charge >= 0.3 is 0 Å². The number of ketones is 1. The predicted molar refractivity (Wildman–Crippen MR) is 81.7 cm³/mol. The summed E-state index contributed by atoms with van der Waals surface area (Å²) >= 11 is 0. The monoisotopic (exact) mass is 275 g/mol. The second-order valence-corrected chi connectivity index (χ2v) is 5.77. The van der Waals surface area contributed by atoms with Gasteiger partial charge < -0.3 is 10.1 Å². The van der Waals surface area contributed by atoms with E-state index in [0.29, 0.717) is 13.2 Å². The van der Waals surface area contributed by atoms with Crippen molar-refractivity contribution in [1.29, 1.82) is 0 Å². The maximum atomic E-state index is 12.6. The molecular weight excluding hydrogens is 250 g/mol. The SMILES string of the molecule is CCCCNC[C@@H]1COc2c(C)c(C)cc(C)c2C1=O. The molecule has 0 saturated carbocycles. The third-order valence-electron chi connectivity index (χ3n) is 4.13. The molecule has 0 aliphatic carbocycles. The predicted octanol–water partition coefficient (Wildman–Crippen LogP) is 3.19. The lowest BCUT2D eigenvalue weighted by Crippen LogP contribution is -2.37. The van der Waals surface area contributed by atoms with Gasteiger partial charge in [0, 0.05) is 6.54 Å². The van der Waals surface area contributed by atoms with Gasteiger partial charge in [0.25, 0.3) is 0 Å². The summed E-state index contributed by atoms with van der Waals surface area (Å²) in [6.45, 7) is 10.4. The van der Waals surface area contributed by atoms with Gasteiger partial charge in [-0.2, -0.15) is 0 Å². The molecule has 20 heavy (non-hydrogen) atoms. The average molecular weight is 275 g/mol. The Morgan fingerprint density at radius 3 is 2.75 bits per heavy atom. The summed E-state index contributed by atoms with van der Waals surface area (Å²) in [5, 5.41) is 3.36. The Kier molecular flexibility index (Phi) is 4.81. The van der Waals surface area contributed by atoms with Crippen molar-refractivity contribution < 1.29 is 9.53 Å². The van der Waals surface area contributed by atoms with E-state index >= 15 is 0 Å². The van der Waals surface area contributed by atoms with E-state index in [1.54, 1.807) is 0 Å². The highest BCUT2D eigenvalue weighted by atomic mass is 16.5. The van der Waals surface area contributed by atoms with Crippen molar-refractivity contribution in [3.05, 3.63) is 28.3 Å². The van der Waals surface area contributed by atoms with Gasteiger partial charge in [-0.1, -0.05) is 19.4 Å².